The van der Waals surface area contributed by atoms with Crippen molar-refractivity contribution in [2.24, 2.45) is 5.92 Å². The minimum Gasteiger partial charge on any atom is -0.387 e. The van der Waals surface area contributed by atoms with E-state index in [1.54, 1.807) is 0 Å². The van der Waals surface area contributed by atoms with Gasteiger partial charge >= 0.3 is 0 Å². The van der Waals surface area contributed by atoms with E-state index in [1.807, 2.05) is 0 Å². The van der Waals surface area contributed by atoms with E-state index in [0.717, 1.165) is 25.1 Å². The predicted molar refractivity (Wildman–Crippen MR) is 63.6 cm³/mol. The maximum Gasteiger partial charge on any atom is 0.131 e. The molecule has 1 aromatic rings. The third kappa shape index (κ3) is 4.40. The van der Waals surface area contributed by atoms with E-state index < -0.39 is 17.7 Å². The van der Waals surface area contributed by atoms with Gasteiger partial charge in [-0.1, -0.05) is 26.3 Å². The van der Waals surface area contributed by atoms with Crippen molar-refractivity contribution in [1.82, 2.24) is 5.32 Å². The number of halogens is 2. The molecule has 2 nitrogen and oxygen atoms in total. The van der Waals surface area contributed by atoms with Crippen LogP contribution in [0.3, 0.4) is 0 Å². The molecular weight excluding hydrogens is 224 g/mol. The fraction of sp³-hybridized carbons (Fsp3) is 0.538. The van der Waals surface area contributed by atoms with Gasteiger partial charge in [-0.2, -0.15) is 0 Å². The Morgan fingerprint density at radius 2 is 2.00 bits per heavy atom. The minimum absolute atomic E-state index is 0.128. The highest BCUT2D eigenvalue weighted by molar-refractivity contribution is 5.21. The summed E-state index contributed by atoms with van der Waals surface area (Å²) >= 11 is 0. The van der Waals surface area contributed by atoms with Crippen molar-refractivity contribution in [3.8, 4) is 0 Å². The van der Waals surface area contributed by atoms with Gasteiger partial charge in [-0.25, -0.2) is 8.78 Å². The van der Waals surface area contributed by atoms with Gasteiger partial charge in [0, 0.05) is 18.2 Å². The summed E-state index contributed by atoms with van der Waals surface area (Å²) in [4.78, 5) is 0. The van der Waals surface area contributed by atoms with Crippen molar-refractivity contribution in [2.45, 2.75) is 26.4 Å². The molecule has 4 heteroatoms. The number of nitrogens with one attached hydrogen (secondary N) is 1. The van der Waals surface area contributed by atoms with Gasteiger partial charge in [0.05, 0.1) is 6.10 Å². The van der Waals surface area contributed by atoms with Gasteiger partial charge in [-0.3, -0.25) is 0 Å². The van der Waals surface area contributed by atoms with Crippen LogP contribution in [0.1, 0.15) is 31.9 Å². The van der Waals surface area contributed by atoms with E-state index in [9.17, 15) is 13.9 Å². The minimum atomic E-state index is -0.945. The van der Waals surface area contributed by atoms with E-state index in [1.165, 1.54) is 6.07 Å². The summed E-state index contributed by atoms with van der Waals surface area (Å²) in [7, 11) is 0. The molecule has 17 heavy (non-hydrogen) atoms. The number of hydrogen-bond donors (Lipinski definition) is 2. The second-order valence-corrected chi connectivity index (χ2v) is 4.35. The van der Waals surface area contributed by atoms with Crippen LogP contribution in [0, 0.1) is 17.6 Å². The van der Waals surface area contributed by atoms with Gasteiger partial charge in [0.2, 0.25) is 0 Å². The van der Waals surface area contributed by atoms with Gasteiger partial charge in [0.25, 0.3) is 0 Å². The predicted octanol–water partition coefficient (Wildman–Crippen LogP) is 2.63. The van der Waals surface area contributed by atoms with E-state index in [4.69, 9.17) is 0 Å². The Morgan fingerprint density at radius 3 is 2.59 bits per heavy atom. The lowest BCUT2D eigenvalue weighted by Crippen LogP contribution is -2.26. The van der Waals surface area contributed by atoms with E-state index in [0.29, 0.717) is 5.92 Å². The first kappa shape index (κ1) is 14.1. The number of hydrogen-bond acceptors (Lipinski definition) is 2. The maximum atomic E-state index is 13.3. The lowest BCUT2D eigenvalue weighted by molar-refractivity contribution is 0.168. The molecule has 0 amide bonds. The van der Waals surface area contributed by atoms with Crippen LogP contribution in [0.5, 0.6) is 0 Å². The SMILES string of the molecule is CCC(C)CNCC(O)c1ccc(F)cc1F. The smallest absolute Gasteiger partial charge is 0.131 e. The molecule has 96 valence electrons. The summed E-state index contributed by atoms with van der Waals surface area (Å²) < 4.78 is 26.0. The van der Waals surface area contributed by atoms with Crippen LogP contribution in [-0.4, -0.2) is 18.2 Å². The van der Waals surface area contributed by atoms with Crippen molar-refractivity contribution in [2.75, 3.05) is 13.1 Å². The second kappa shape index (κ2) is 6.67. The largest absolute Gasteiger partial charge is 0.387 e. The van der Waals surface area contributed by atoms with E-state index in [-0.39, 0.29) is 12.1 Å². The summed E-state index contributed by atoms with van der Waals surface area (Å²) in [5.41, 5.74) is 0.128. The van der Waals surface area contributed by atoms with E-state index >= 15 is 0 Å². The molecule has 0 aromatic heterocycles. The number of rotatable bonds is 6. The van der Waals surface area contributed by atoms with Crippen LogP contribution >= 0.6 is 0 Å². The first-order valence-electron chi connectivity index (χ1n) is 5.88. The Bertz CT molecular complexity index is 357. The highest BCUT2D eigenvalue weighted by Gasteiger charge is 2.13. The average Bonchev–Trinajstić information content (AvgIpc) is 2.28. The molecule has 2 N–H and O–H groups in total. The van der Waals surface area contributed by atoms with Gasteiger partial charge in [0.1, 0.15) is 11.6 Å². The zero-order chi connectivity index (χ0) is 12.8. The maximum absolute atomic E-state index is 13.3. The standard InChI is InChI=1S/C13H19F2NO/c1-3-9(2)7-16-8-13(17)11-5-4-10(14)6-12(11)15/h4-6,9,13,16-17H,3,7-8H2,1-2H3. The molecule has 1 aromatic carbocycles. The van der Waals surface area contributed by atoms with Gasteiger partial charge in [-0.15, -0.1) is 0 Å². The van der Waals surface area contributed by atoms with Crippen molar-refractivity contribution < 1.29 is 13.9 Å². The first-order chi connectivity index (χ1) is 8.04. The van der Waals surface area contributed by atoms with Crippen LogP contribution in [-0.2, 0) is 0 Å². The fourth-order valence-corrected chi connectivity index (χ4v) is 1.49. The van der Waals surface area contributed by atoms with Crippen LogP contribution in [0.25, 0.3) is 0 Å². The Balaban J connectivity index is 2.49. The Hall–Kier alpha value is -1.00. The van der Waals surface area contributed by atoms with Gasteiger partial charge in [0.15, 0.2) is 0 Å². The molecule has 0 fully saturated rings. The molecule has 0 bridgehead atoms. The monoisotopic (exact) mass is 243 g/mol. The highest BCUT2D eigenvalue weighted by atomic mass is 19.1. The topological polar surface area (TPSA) is 32.3 Å². The molecule has 0 saturated carbocycles. The highest BCUT2D eigenvalue weighted by Crippen LogP contribution is 2.17. The average molecular weight is 243 g/mol. The summed E-state index contributed by atoms with van der Waals surface area (Å²) in [6, 6.07) is 3.21. The molecule has 0 radical (unpaired) electrons. The number of aliphatic hydroxyl groups is 1. The molecule has 2 unspecified atom stereocenters. The fourth-order valence-electron chi connectivity index (χ4n) is 1.49. The van der Waals surface area contributed by atoms with Gasteiger partial charge < -0.3 is 10.4 Å². The molecule has 0 aliphatic heterocycles. The van der Waals surface area contributed by atoms with Crippen LogP contribution in [0.2, 0.25) is 0 Å². The third-order valence-corrected chi connectivity index (χ3v) is 2.85. The van der Waals surface area contributed by atoms with Crippen LogP contribution < -0.4 is 5.32 Å². The quantitative estimate of drug-likeness (QED) is 0.805. The molecule has 1 rings (SSSR count). The van der Waals surface area contributed by atoms with Gasteiger partial charge in [-0.05, 0) is 18.5 Å². The zero-order valence-corrected chi connectivity index (χ0v) is 10.2. The molecular formula is C13H19F2NO. The summed E-state index contributed by atoms with van der Waals surface area (Å²) in [5.74, 6) is -0.825. The summed E-state index contributed by atoms with van der Waals surface area (Å²) in [6.45, 7) is 5.23. The van der Waals surface area contributed by atoms with Crippen molar-refractivity contribution in [3.05, 3.63) is 35.4 Å². The summed E-state index contributed by atoms with van der Waals surface area (Å²) in [6.07, 6.45) is 0.105. The van der Waals surface area contributed by atoms with E-state index in [2.05, 4.69) is 19.2 Å². The first-order valence-corrected chi connectivity index (χ1v) is 5.88. The normalized spacial score (nSPS) is 14.6. The van der Waals surface area contributed by atoms with Crippen molar-refractivity contribution >= 4 is 0 Å². The molecule has 0 saturated heterocycles. The Labute approximate surface area is 101 Å². The third-order valence-electron chi connectivity index (χ3n) is 2.85. The van der Waals surface area contributed by atoms with Crippen LogP contribution in [0.15, 0.2) is 18.2 Å². The molecule has 0 aliphatic carbocycles. The Morgan fingerprint density at radius 1 is 1.29 bits per heavy atom. The van der Waals surface area contributed by atoms with Crippen molar-refractivity contribution in [3.63, 3.8) is 0 Å². The lowest BCUT2D eigenvalue weighted by atomic mass is 10.1. The molecule has 0 aliphatic rings. The molecule has 2 atom stereocenters. The zero-order valence-electron chi connectivity index (χ0n) is 10.2. The summed E-state index contributed by atoms with van der Waals surface area (Å²) in [5, 5.41) is 12.8. The Kier molecular flexibility index (Phi) is 5.51. The lowest BCUT2D eigenvalue weighted by Gasteiger charge is -2.15. The number of benzene rings is 1. The molecule has 0 spiro atoms. The van der Waals surface area contributed by atoms with Crippen molar-refractivity contribution in [1.29, 1.82) is 0 Å². The number of aliphatic hydroxyl groups excluding tert-OH is 1. The van der Waals surface area contributed by atoms with Crippen LogP contribution in [0.4, 0.5) is 8.78 Å². The second-order valence-electron chi connectivity index (χ2n) is 4.35. The molecule has 0 heterocycles.